The van der Waals surface area contributed by atoms with Crippen molar-refractivity contribution in [1.29, 1.82) is 0 Å². The third-order valence-corrected chi connectivity index (χ3v) is 5.12. The first-order valence-electron chi connectivity index (χ1n) is 9.49. The van der Waals surface area contributed by atoms with Crippen LogP contribution < -0.4 is 19.1 Å². The molecule has 0 saturated carbocycles. The molecular formula is C24H24N2O3. The zero-order valence-corrected chi connectivity index (χ0v) is 16.8. The molecule has 4 rings (SSSR count). The van der Waals surface area contributed by atoms with Crippen molar-refractivity contribution in [2.45, 2.75) is 6.04 Å². The Morgan fingerprint density at radius 3 is 1.69 bits per heavy atom. The third kappa shape index (κ3) is 3.90. The van der Waals surface area contributed by atoms with Crippen molar-refractivity contribution in [2.75, 3.05) is 32.8 Å². The zero-order valence-electron chi connectivity index (χ0n) is 16.8. The van der Waals surface area contributed by atoms with Gasteiger partial charge in [0.05, 0.1) is 33.9 Å². The molecule has 0 aliphatic carbocycles. The molecular weight excluding hydrogens is 364 g/mol. The van der Waals surface area contributed by atoms with Gasteiger partial charge in [0.25, 0.3) is 0 Å². The summed E-state index contributed by atoms with van der Waals surface area (Å²) in [6.45, 7) is 0.764. The first-order valence-corrected chi connectivity index (χ1v) is 9.49. The second-order valence-corrected chi connectivity index (χ2v) is 6.78. The molecule has 3 aromatic rings. The zero-order chi connectivity index (χ0) is 20.2. The first-order chi connectivity index (χ1) is 14.2. The Morgan fingerprint density at radius 1 is 0.690 bits per heavy atom. The topological polar surface area (TPSA) is 43.3 Å². The number of aliphatic imine (C=N–C) groups is 1. The van der Waals surface area contributed by atoms with Crippen LogP contribution in [0.5, 0.6) is 17.2 Å². The van der Waals surface area contributed by atoms with Crippen molar-refractivity contribution in [2.24, 2.45) is 4.99 Å². The van der Waals surface area contributed by atoms with E-state index in [1.807, 2.05) is 48.5 Å². The molecule has 0 amide bonds. The minimum absolute atomic E-state index is 0.0418. The van der Waals surface area contributed by atoms with Crippen LogP contribution in [0, 0.1) is 0 Å². The van der Waals surface area contributed by atoms with Crippen LogP contribution in [0.15, 0.2) is 77.8 Å². The number of ether oxygens (including phenoxy) is 3. The van der Waals surface area contributed by atoms with Gasteiger partial charge in [-0.2, -0.15) is 0 Å². The monoisotopic (exact) mass is 388 g/mol. The predicted molar refractivity (Wildman–Crippen MR) is 116 cm³/mol. The van der Waals surface area contributed by atoms with Gasteiger partial charge in [0, 0.05) is 11.3 Å². The van der Waals surface area contributed by atoms with Crippen molar-refractivity contribution in [3.63, 3.8) is 0 Å². The van der Waals surface area contributed by atoms with Gasteiger partial charge >= 0.3 is 0 Å². The summed E-state index contributed by atoms with van der Waals surface area (Å²) in [6, 6.07) is 24.3. The van der Waals surface area contributed by atoms with E-state index in [1.54, 1.807) is 21.3 Å². The molecule has 0 aromatic heterocycles. The molecule has 148 valence electrons. The second-order valence-electron chi connectivity index (χ2n) is 6.78. The number of methoxy groups -OCH3 is 3. The number of amidine groups is 1. The van der Waals surface area contributed by atoms with Gasteiger partial charge in [0.15, 0.2) is 0 Å². The van der Waals surface area contributed by atoms with E-state index in [4.69, 9.17) is 19.2 Å². The molecule has 1 unspecified atom stereocenters. The van der Waals surface area contributed by atoms with Crippen LogP contribution in [0.4, 0.5) is 5.69 Å². The molecule has 1 atom stereocenters. The summed E-state index contributed by atoms with van der Waals surface area (Å²) in [5.41, 5.74) is 3.29. The highest BCUT2D eigenvalue weighted by atomic mass is 16.5. The van der Waals surface area contributed by atoms with Gasteiger partial charge in [-0.15, -0.1) is 0 Å². The highest BCUT2D eigenvalue weighted by molar-refractivity contribution is 6.11. The van der Waals surface area contributed by atoms with Crippen LogP contribution in [-0.2, 0) is 0 Å². The van der Waals surface area contributed by atoms with Crippen LogP contribution in [0.2, 0.25) is 0 Å². The minimum Gasteiger partial charge on any atom is -0.497 e. The summed E-state index contributed by atoms with van der Waals surface area (Å²) in [5, 5.41) is 0. The lowest BCUT2D eigenvalue weighted by Crippen LogP contribution is -2.28. The van der Waals surface area contributed by atoms with Crippen LogP contribution in [0.1, 0.15) is 17.2 Å². The molecule has 5 heteroatoms. The van der Waals surface area contributed by atoms with E-state index in [0.717, 1.165) is 46.4 Å². The van der Waals surface area contributed by atoms with Gasteiger partial charge < -0.3 is 19.1 Å². The molecule has 0 fully saturated rings. The summed E-state index contributed by atoms with van der Waals surface area (Å²) in [4.78, 5) is 7.32. The van der Waals surface area contributed by atoms with E-state index in [9.17, 15) is 0 Å². The number of rotatable bonds is 6. The molecule has 1 aliphatic rings. The Hall–Kier alpha value is -3.47. The fourth-order valence-electron chi connectivity index (χ4n) is 3.48. The quantitative estimate of drug-likeness (QED) is 0.613. The SMILES string of the molecule is COc1ccc(C2=NC(c3ccc(OC)cc3)CN2c2ccc(OC)cc2)cc1. The van der Waals surface area contributed by atoms with Crippen molar-refractivity contribution in [3.05, 3.63) is 83.9 Å². The first kappa shape index (κ1) is 18.9. The van der Waals surface area contributed by atoms with Crippen molar-refractivity contribution in [1.82, 2.24) is 0 Å². The fraction of sp³-hybridized carbons (Fsp3) is 0.208. The number of anilines is 1. The van der Waals surface area contributed by atoms with E-state index in [0.29, 0.717) is 0 Å². The molecule has 0 N–H and O–H groups in total. The van der Waals surface area contributed by atoms with E-state index >= 15 is 0 Å². The summed E-state index contributed by atoms with van der Waals surface area (Å²) in [7, 11) is 5.02. The van der Waals surface area contributed by atoms with Crippen molar-refractivity contribution in [3.8, 4) is 17.2 Å². The van der Waals surface area contributed by atoms with Crippen LogP contribution in [-0.4, -0.2) is 33.7 Å². The summed E-state index contributed by atoms with van der Waals surface area (Å²) in [5.74, 6) is 3.45. The Labute approximate surface area is 171 Å². The molecule has 0 bridgehead atoms. The highest BCUT2D eigenvalue weighted by Gasteiger charge is 2.28. The molecule has 1 aliphatic heterocycles. The maximum absolute atomic E-state index is 5.31. The van der Waals surface area contributed by atoms with E-state index in [-0.39, 0.29) is 6.04 Å². The lowest BCUT2D eigenvalue weighted by molar-refractivity contribution is 0.414. The normalized spacial score (nSPS) is 15.8. The Bertz CT molecular complexity index is 980. The van der Waals surface area contributed by atoms with Gasteiger partial charge in [0.1, 0.15) is 23.1 Å². The van der Waals surface area contributed by atoms with Crippen LogP contribution in [0.25, 0.3) is 0 Å². The Balaban J connectivity index is 1.70. The van der Waals surface area contributed by atoms with Gasteiger partial charge in [-0.25, -0.2) is 0 Å². The third-order valence-electron chi connectivity index (χ3n) is 5.12. The van der Waals surface area contributed by atoms with E-state index in [1.165, 1.54) is 0 Å². The van der Waals surface area contributed by atoms with Gasteiger partial charge in [-0.1, -0.05) is 12.1 Å². The van der Waals surface area contributed by atoms with Crippen molar-refractivity contribution < 1.29 is 14.2 Å². The molecule has 3 aromatic carbocycles. The van der Waals surface area contributed by atoms with E-state index < -0.39 is 0 Å². The molecule has 0 radical (unpaired) electrons. The lowest BCUT2D eigenvalue weighted by Gasteiger charge is -2.22. The molecule has 5 nitrogen and oxygen atoms in total. The number of benzene rings is 3. The van der Waals surface area contributed by atoms with Gasteiger partial charge in [0.2, 0.25) is 0 Å². The average molecular weight is 388 g/mol. The minimum atomic E-state index is 0.0418. The molecule has 1 heterocycles. The van der Waals surface area contributed by atoms with Gasteiger partial charge in [-0.3, -0.25) is 4.99 Å². The summed E-state index contributed by atoms with van der Waals surface area (Å²) >= 11 is 0. The maximum Gasteiger partial charge on any atom is 0.136 e. The summed E-state index contributed by atoms with van der Waals surface area (Å²) in [6.07, 6.45) is 0. The smallest absolute Gasteiger partial charge is 0.136 e. The van der Waals surface area contributed by atoms with E-state index in [2.05, 4.69) is 29.2 Å². The summed E-state index contributed by atoms with van der Waals surface area (Å²) < 4.78 is 15.9. The standard InChI is InChI=1S/C24H24N2O3/c1-27-20-10-4-17(5-11-20)23-16-26(19-8-14-22(29-3)15-9-19)24(25-23)18-6-12-21(28-2)13-7-18/h4-15,23H,16H2,1-3H3. The highest BCUT2D eigenvalue weighted by Crippen LogP contribution is 2.33. The molecule has 0 saturated heterocycles. The Kier molecular flexibility index (Phi) is 5.38. The maximum atomic E-state index is 5.31. The predicted octanol–water partition coefficient (Wildman–Crippen LogP) is 4.72. The Morgan fingerprint density at radius 2 is 1.17 bits per heavy atom. The number of nitrogens with zero attached hydrogens (tertiary/aromatic N) is 2. The largest absolute Gasteiger partial charge is 0.497 e. The average Bonchev–Trinajstić information content (AvgIpc) is 3.24. The van der Waals surface area contributed by atoms with Crippen molar-refractivity contribution >= 4 is 11.5 Å². The molecule has 0 spiro atoms. The molecule has 29 heavy (non-hydrogen) atoms. The number of hydrogen-bond acceptors (Lipinski definition) is 5. The van der Waals surface area contributed by atoms with Crippen LogP contribution >= 0.6 is 0 Å². The fourth-order valence-corrected chi connectivity index (χ4v) is 3.48. The van der Waals surface area contributed by atoms with Gasteiger partial charge in [-0.05, 0) is 66.2 Å². The lowest BCUT2D eigenvalue weighted by atomic mass is 10.1. The van der Waals surface area contributed by atoms with Crippen LogP contribution in [0.3, 0.4) is 0 Å². The second kappa shape index (κ2) is 8.27. The number of hydrogen-bond donors (Lipinski definition) is 0.